The summed E-state index contributed by atoms with van der Waals surface area (Å²) in [5.41, 5.74) is 15.8. The molecule has 1 atom stereocenters. The van der Waals surface area contributed by atoms with E-state index >= 15 is 0 Å². The van der Waals surface area contributed by atoms with Crippen LogP contribution in [0.3, 0.4) is 0 Å². The van der Waals surface area contributed by atoms with Gasteiger partial charge >= 0.3 is 0 Å². The van der Waals surface area contributed by atoms with Crippen LogP contribution < -0.4 is 4.90 Å². The summed E-state index contributed by atoms with van der Waals surface area (Å²) in [6.07, 6.45) is 4.75. The lowest BCUT2D eigenvalue weighted by atomic mass is 9.54. The molecule has 1 heteroatoms. The number of anilines is 3. The minimum absolute atomic E-state index is 0.177. The third kappa shape index (κ3) is 4.77. The first-order valence-electron chi connectivity index (χ1n) is 18.6. The van der Waals surface area contributed by atoms with E-state index in [0.29, 0.717) is 0 Å². The van der Waals surface area contributed by atoms with Gasteiger partial charge in [-0.1, -0.05) is 178 Å². The summed E-state index contributed by atoms with van der Waals surface area (Å²) in [7, 11) is 0. The van der Waals surface area contributed by atoms with E-state index in [0.717, 1.165) is 17.1 Å². The molecule has 0 bridgehead atoms. The van der Waals surface area contributed by atoms with E-state index in [1.807, 2.05) is 0 Å². The smallest absolute Gasteiger partial charge is 0.0555 e. The van der Waals surface area contributed by atoms with Crippen LogP contribution in [-0.2, 0) is 5.41 Å². The standard InChI is InChI=1S/C52H39N/c1-51(2)34-33-40-16-7-10-21-48(40)52(51)49-22-11-9-19-46(49)47-32-31-43(35-50(47)52)53(41-27-23-37(24-28-41)36-13-4-3-5-14-36)42-29-25-39(26-30-42)45-20-12-17-38-15-6-8-18-44(38)45/h3-35H,1-2H3. The van der Waals surface area contributed by atoms with Crippen molar-refractivity contribution in [2.24, 2.45) is 5.41 Å². The van der Waals surface area contributed by atoms with Gasteiger partial charge in [-0.05, 0) is 103 Å². The second kappa shape index (κ2) is 12.1. The molecule has 0 N–H and O–H groups in total. The fourth-order valence-electron chi connectivity index (χ4n) is 9.29. The molecule has 0 saturated heterocycles. The minimum atomic E-state index is -0.346. The van der Waals surface area contributed by atoms with Crippen molar-refractivity contribution >= 4 is 33.9 Å². The van der Waals surface area contributed by atoms with Gasteiger partial charge in [-0.25, -0.2) is 0 Å². The summed E-state index contributed by atoms with van der Waals surface area (Å²) in [4.78, 5) is 2.43. The van der Waals surface area contributed by atoms with Crippen molar-refractivity contribution in [3.8, 4) is 33.4 Å². The summed E-state index contributed by atoms with van der Waals surface area (Å²) in [6.45, 7) is 4.81. The van der Waals surface area contributed by atoms with Crippen LogP contribution in [0.4, 0.5) is 17.1 Å². The number of hydrogen-bond donors (Lipinski definition) is 0. The highest BCUT2D eigenvalue weighted by Crippen LogP contribution is 2.64. The van der Waals surface area contributed by atoms with Crippen LogP contribution in [0.15, 0.2) is 194 Å². The van der Waals surface area contributed by atoms with E-state index in [9.17, 15) is 0 Å². The zero-order chi connectivity index (χ0) is 35.6. The van der Waals surface area contributed by atoms with Gasteiger partial charge in [-0.3, -0.25) is 0 Å². The highest BCUT2D eigenvalue weighted by atomic mass is 15.1. The van der Waals surface area contributed by atoms with E-state index in [1.165, 1.54) is 66.4 Å². The maximum Gasteiger partial charge on any atom is 0.0555 e. The molecule has 1 nitrogen and oxygen atoms in total. The fourth-order valence-corrected chi connectivity index (χ4v) is 9.29. The van der Waals surface area contributed by atoms with Crippen LogP contribution in [0.25, 0.3) is 50.2 Å². The van der Waals surface area contributed by atoms with Crippen molar-refractivity contribution in [3.63, 3.8) is 0 Å². The minimum Gasteiger partial charge on any atom is -0.310 e. The van der Waals surface area contributed by atoms with Gasteiger partial charge in [0.15, 0.2) is 0 Å². The molecule has 10 rings (SSSR count). The quantitative estimate of drug-likeness (QED) is 0.175. The summed E-state index contributed by atoms with van der Waals surface area (Å²) < 4.78 is 0. The zero-order valence-electron chi connectivity index (χ0n) is 30.0. The van der Waals surface area contributed by atoms with Crippen LogP contribution in [-0.4, -0.2) is 0 Å². The van der Waals surface area contributed by atoms with Crippen LogP contribution in [0.5, 0.6) is 0 Å². The Morgan fingerprint density at radius 3 is 1.75 bits per heavy atom. The van der Waals surface area contributed by atoms with Gasteiger partial charge in [0.05, 0.1) is 5.41 Å². The van der Waals surface area contributed by atoms with Gasteiger partial charge in [-0.15, -0.1) is 0 Å². The summed E-state index contributed by atoms with van der Waals surface area (Å²) in [5.74, 6) is 0. The molecule has 0 aromatic heterocycles. The number of fused-ring (bicyclic) bond motifs is 8. The predicted molar refractivity (Wildman–Crippen MR) is 224 cm³/mol. The zero-order valence-corrected chi connectivity index (χ0v) is 30.0. The Balaban J connectivity index is 1.17. The molecule has 2 aliphatic rings. The monoisotopic (exact) mass is 677 g/mol. The molecule has 0 amide bonds. The van der Waals surface area contributed by atoms with Crippen LogP contribution in [0.2, 0.25) is 0 Å². The maximum absolute atomic E-state index is 2.48. The fraction of sp³-hybridized carbons (Fsp3) is 0.0769. The Morgan fingerprint density at radius 1 is 0.396 bits per heavy atom. The van der Waals surface area contributed by atoms with Crippen LogP contribution in [0, 0.1) is 5.41 Å². The van der Waals surface area contributed by atoms with Crippen molar-refractivity contribution in [1.82, 2.24) is 0 Å². The van der Waals surface area contributed by atoms with Gasteiger partial charge in [0.25, 0.3) is 0 Å². The maximum atomic E-state index is 2.48. The van der Waals surface area contributed by atoms with Crippen molar-refractivity contribution in [1.29, 1.82) is 0 Å². The number of allylic oxidation sites excluding steroid dienone is 1. The molecule has 53 heavy (non-hydrogen) atoms. The van der Waals surface area contributed by atoms with Gasteiger partial charge in [0.1, 0.15) is 0 Å². The van der Waals surface area contributed by atoms with E-state index in [2.05, 4.69) is 219 Å². The lowest BCUT2D eigenvalue weighted by Crippen LogP contribution is -2.43. The van der Waals surface area contributed by atoms with E-state index in [1.54, 1.807) is 0 Å². The summed E-state index contributed by atoms with van der Waals surface area (Å²) >= 11 is 0. The van der Waals surface area contributed by atoms with E-state index in [-0.39, 0.29) is 10.8 Å². The molecule has 8 aromatic carbocycles. The van der Waals surface area contributed by atoms with Crippen molar-refractivity contribution < 1.29 is 0 Å². The van der Waals surface area contributed by atoms with E-state index in [4.69, 9.17) is 0 Å². The van der Waals surface area contributed by atoms with Crippen molar-refractivity contribution in [2.75, 3.05) is 4.90 Å². The molecule has 0 aliphatic heterocycles. The van der Waals surface area contributed by atoms with Gasteiger partial charge in [-0.2, -0.15) is 0 Å². The van der Waals surface area contributed by atoms with Gasteiger partial charge in [0, 0.05) is 22.5 Å². The predicted octanol–water partition coefficient (Wildman–Crippen LogP) is 14.0. The first-order valence-corrected chi connectivity index (χ1v) is 18.6. The summed E-state index contributed by atoms with van der Waals surface area (Å²) in [6, 6.07) is 69.2. The third-order valence-electron chi connectivity index (χ3n) is 11.8. The molecule has 0 saturated carbocycles. The Labute approximate surface area is 312 Å². The molecule has 2 aliphatic carbocycles. The first-order chi connectivity index (χ1) is 26.0. The molecular formula is C52H39N. The Hall–Kier alpha value is -6.44. The molecule has 252 valence electrons. The molecule has 1 unspecified atom stereocenters. The topological polar surface area (TPSA) is 3.24 Å². The lowest BCUT2D eigenvalue weighted by molar-refractivity contribution is 0.323. The average molecular weight is 678 g/mol. The van der Waals surface area contributed by atoms with Crippen LogP contribution >= 0.6 is 0 Å². The molecule has 8 aromatic rings. The number of rotatable bonds is 5. The Morgan fingerprint density at radius 2 is 0.962 bits per heavy atom. The number of nitrogens with zero attached hydrogens (tertiary/aromatic N) is 1. The van der Waals surface area contributed by atoms with Crippen molar-refractivity contribution in [2.45, 2.75) is 19.3 Å². The number of hydrogen-bond acceptors (Lipinski definition) is 1. The highest BCUT2D eigenvalue weighted by molar-refractivity contribution is 5.97. The largest absolute Gasteiger partial charge is 0.310 e. The molecule has 0 heterocycles. The van der Waals surface area contributed by atoms with E-state index < -0.39 is 0 Å². The van der Waals surface area contributed by atoms with Crippen LogP contribution in [0.1, 0.15) is 36.1 Å². The Kier molecular flexibility index (Phi) is 7.13. The third-order valence-corrected chi connectivity index (χ3v) is 11.8. The molecular weight excluding hydrogens is 639 g/mol. The SMILES string of the molecule is CC1(C)C=Cc2ccccc2C12c1ccccc1-c1ccc(N(c3ccc(-c4ccccc4)cc3)c3ccc(-c4cccc5ccccc45)cc3)cc12. The highest BCUT2D eigenvalue weighted by Gasteiger charge is 2.55. The van der Waals surface area contributed by atoms with Crippen molar-refractivity contribution in [3.05, 3.63) is 216 Å². The molecule has 1 spiro atoms. The van der Waals surface area contributed by atoms with Gasteiger partial charge in [0.2, 0.25) is 0 Å². The molecule has 0 fully saturated rings. The second-order valence-corrected chi connectivity index (χ2v) is 15.0. The molecule has 0 radical (unpaired) electrons. The Bertz CT molecular complexity index is 2680. The first kappa shape index (κ1) is 31.3. The summed E-state index contributed by atoms with van der Waals surface area (Å²) in [5, 5.41) is 2.52. The number of benzene rings is 8. The average Bonchev–Trinajstić information content (AvgIpc) is 3.51. The normalized spacial score (nSPS) is 16.3. The lowest BCUT2D eigenvalue weighted by Gasteiger charge is -2.48. The van der Waals surface area contributed by atoms with Gasteiger partial charge < -0.3 is 4.90 Å². The second-order valence-electron chi connectivity index (χ2n) is 15.0.